The molecule has 0 saturated heterocycles. The maximum atomic E-state index is 12.7. The number of nitrogens with one attached hydrogen (secondary N) is 1. The van der Waals surface area contributed by atoms with Crippen molar-refractivity contribution < 1.29 is 4.79 Å². The zero-order valence-corrected chi connectivity index (χ0v) is 10.2. The number of aromatic nitrogens is 2. The molecule has 4 nitrogen and oxygen atoms in total. The molecule has 4 rings (SSSR count). The molecule has 2 aromatic heterocycles. The van der Waals surface area contributed by atoms with Crippen LogP contribution in [0.2, 0.25) is 0 Å². The predicted molar refractivity (Wildman–Crippen MR) is 72.5 cm³/mol. The third-order valence-electron chi connectivity index (χ3n) is 3.67. The van der Waals surface area contributed by atoms with E-state index in [0.29, 0.717) is 27.9 Å². The van der Waals surface area contributed by atoms with Gasteiger partial charge in [0.1, 0.15) is 5.69 Å². The summed E-state index contributed by atoms with van der Waals surface area (Å²) in [6.07, 6.45) is 1.68. The van der Waals surface area contributed by atoms with Gasteiger partial charge in [-0.1, -0.05) is 12.1 Å². The highest BCUT2D eigenvalue weighted by Gasteiger charge is 2.30. The Morgan fingerprint density at radius 2 is 1.95 bits per heavy atom. The number of aromatic amines is 1. The van der Waals surface area contributed by atoms with Crippen LogP contribution in [0.25, 0.3) is 22.2 Å². The van der Waals surface area contributed by atoms with Crippen LogP contribution in [0.1, 0.15) is 16.1 Å². The minimum Gasteiger partial charge on any atom is -0.350 e. The number of rotatable bonds is 0. The first-order valence-electron chi connectivity index (χ1n) is 6.06. The summed E-state index contributed by atoms with van der Waals surface area (Å²) >= 11 is 0. The Hall–Kier alpha value is -2.62. The molecule has 19 heavy (non-hydrogen) atoms. The van der Waals surface area contributed by atoms with Gasteiger partial charge in [0.15, 0.2) is 5.43 Å². The van der Waals surface area contributed by atoms with E-state index in [1.807, 2.05) is 25.1 Å². The Labute approximate surface area is 108 Å². The van der Waals surface area contributed by atoms with Crippen LogP contribution >= 0.6 is 0 Å². The number of hydrogen-bond donors (Lipinski definition) is 1. The lowest BCUT2D eigenvalue weighted by molar-refractivity contribution is 0.0965. The minimum atomic E-state index is -0.171. The van der Waals surface area contributed by atoms with Gasteiger partial charge in [0.25, 0.3) is 5.91 Å². The largest absolute Gasteiger partial charge is 0.350 e. The average molecular weight is 250 g/mol. The molecule has 1 aliphatic heterocycles. The lowest BCUT2D eigenvalue weighted by Crippen LogP contribution is -2.12. The predicted octanol–water partition coefficient (Wildman–Crippen LogP) is 2.31. The van der Waals surface area contributed by atoms with Crippen LogP contribution in [-0.2, 0) is 0 Å². The smallest absolute Gasteiger partial charge is 0.279 e. The molecule has 0 amide bonds. The highest BCUT2D eigenvalue weighted by Crippen LogP contribution is 2.30. The SMILES string of the molecule is Cc1cccc2[nH]c3c(c(=O)c12)-c1cccn1C3=O. The van der Waals surface area contributed by atoms with Gasteiger partial charge in [-0.3, -0.25) is 14.2 Å². The summed E-state index contributed by atoms with van der Waals surface area (Å²) in [6, 6.07) is 9.17. The molecular formula is C15H10N2O2. The van der Waals surface area contributed by atoms with Crippen LogP contribution in [0.3, 0.4) is 0 Å². The second kappa shape index (κ2) is 3.23. The fourth-order valence-electron chi connectivity index (χ4n) is 2.80. The van der Waals surface area contributed by atoms with Crippen molar-refractivity contribution in [3.05, 3.63) is 58.0 Å². The number of H-pyrrole nitrogens is 1. The summed E-state index contributed by atoms with van der Waals surface area (Å²) in [6.45, 7) is 1.90. The number of hydrogen-bond acceptors (Lipinski definition) is 2. The van der Waals surface area contributed by atoms with E-state index in [1.54, 1.807) is 18.3 Å². The van der Waals surface area contributed by atoms with Crippen molar-refractivity contribution in [1.29, 1.82) is 0 Å². The Balaban J connectivity index is 2.27. The van der Waals surface area contributed by atoms with Gasteiger partial charge in [0.2, 0.25) is 0 Å². The van der Waals surface area contributed by atoms with Crippen LogP contribution < -0.4 is 5.43 Å². The third kappa shape index (κ3) is 1.13. The van der Waals surface area contributed by atoms with Gasteiger partial charge < -0.3 is 4.98 Å². The standard InChI is InChI=1S/C15H10N2O2/c1-8-4-2-5-9-11(8)14(18)12-10-6-3-7-17(10)15(19)13(12)16-9/h2-7H,1H3,(H,16,18). The number of carbonyl (C=O) groups excluding carboxylic acids is 1. The fraction of sp³-hybridized carbons (Fsp3) is 0.0667. The molecule has 1 aromatic carbocycles. The van der Waals surface area contributed by atoms with Crippen LogP contribution in [0.5, 0.6) is 0 Å². The van der Waals surface area contributed by atoms with Crippen molar-refractivity contribution in [2.45, 2.75) is 6.92 Å². The zero-order chi connectivity index (χ0) is 13.1. The molecule has 1 aliphatic rings. The van der Waals surface area contributed by atoms with E-state index in [4.69, 9.17) is 0 Å². The summed E-state index contributed by atoms with van der Waals surface area (Å²) in [5, 5.41) is 0.656. The lowest BCUT2D eigenvalue weighted by atomic mass is 10.0. The van der Waals surface area contributed by atoms with E-state index >= 15 is 0 Å². The van der Waals surface area contributed by atoms with E-state index < -0.39 is 0 Å². The van der Waals surface area contributed by atoms with Gasteiger partial charge in [-0.25, -0.2) is 0 Å². The minimum absolute atomic E-state index is 0.0762. The van der Waals surface area contributed by atoms with Crippen LogP contribution in [0.4, 0.5) is 0 Å². The molecule has 3 aromatic rings. The first-order valence-corrected chi connectivity index (χ1v) is 6.06. The Morgan fingerprint density at radius 1 is 1.11 bits per heavy atom. The molecular weight excluding hydrogens is 240 g/mol. The fourth-order valence-corrected chi connectivity index (χ4v) is 2.80. The topological polar surface area (TPSA) is 54.9 Å². The Bertz CT molecular complexity index is 916. The van der Waals surface area contributed by atoms with E-state index in [2.05, 4.69) is 4.98 Å². The Kier molecular flexibility index (Phi) is 1.75. The molecule has 0 saturated carbocycles. The van der Waals surface area contributed by atoms with Gasteiger partial charge in [0.05, 0.1) is 16.8 Å². The first kappa shape index (κ1) is 10.3. The number of carbonyl (C=O) groups is 1. The van der Waals surface area contributed by atoms with E-state index in [1.165, 1.54) is 4.57 Å². The zero-order valence-electron chi connectivity index (χ0n) is 10.2. The second-order valence-electron chi connectivity index (χ2n) is 4.77. The second-order valence-corrected chi connectivity index (χ2v) is 4.77. The van der Waals surface area contributed by atoms with Crippen molar-refractivity contribution in [3.63, 3.8) is 0 Å². The number of fused-ring (bicyclic) bond motifs is 4. The summed E-state index contributed by atoms with van der Waals surface area (Å²) in [7, 11) is 0. The Morgan fingerprint density at radius 3 is 2.79 bits per heavy atom. The summed E-state index contributed by atoms with van der Waals surface area (Å²) in [5.41, 5.74) is 3.09. The van der Waals surface area contributed by atoms with Crippen molar-refractivity contribution >= 4 is 16.8 Å². The quantitative estimate of drug-likeness (QED) is 0.520. The molecule has 0 spiro atoms. The van der Waals surface area contributed by atoms with E-state index in [-0.39, 0.29) is 11.3 Å². The molecule has 1 N–H and O–H groups in total. The molecule has 4 heteroatoms. The van der Waals surface area contributed by atoms with Crippen molar-refractivity contribution in [1.82, 2.24) is 9.55 Å². The van der Waals surface area contributed by atoms with Crippen molar-refractivity contribution in [2.75, 3.05) is 0 Å². The molecule has 0 radical (unpaired) electrons. The molecule has 0 aliphatic carbocycles. The number of pyridine rings is 1. The highest BCUT2D eigenvalue weighted by molar-refractivity contribution is 6.09. The first-order chi connectivity index (χ1) is 9.18. The van der Waals surface area contributed by atoms with E-state index in [9.17, 15) is 9.59 Å². The molecule has 0 unspecified atom stereocenters. The monoisotopic (exact) mass is 250 g/mol. The van der Waals surface area contributed by atoms with Gasteiger partial charge in [-0.2, -0.15) is 0 Å². The van der Waals surface area contributed by atoms with Gasteiger partial charge in [-0.05, 0) is 30.7 Å². The molecule has 92 valence electrons. The van der Waals surface area contributed by atoms with Gasteiger partial charge in [0, 0.05) is 11.6 Å². The molecule has 0 bridgehead atoms. The molecule has 0 fully saturated rings. The molecule has 3 heterocycles. The lowest BCUT2D eigenvalue weighted by Gasteiger charge is -2.04. The summed E-state index contributed by atoms with van der Waals surface area (Å²) < 4.78 is 1.51. The van der Waals surface area contributed by atoms with Crippen LogP contribution in [0.15, 0.2) is 41.3 Å². The van der Waals surface area contributed by atoms with Crippen LogP contribution in [0, 0.1) is 6.92 Å². The number of aryl methyl sites for hydroxylation is 1. The number of nitrogens with zero attached hydrogens (tertiary/aromatic N) is 1. The van der Waals surface area contributed by atoms with Crippen molar-refractivity contribution in [3.8, 4) is 11.3 Å². The van der Waals surface area contributed by atoms with Gasteiger partial charge >= 0.3 is 0 Å². The normalized spacial score (nSPS) is 12.8. The maximum absolute atomic E-state index is 12.7. The highest BCUT2D eigenvalue weighted by atomic mass is 16.2. The molecule has 0 atom stereocenters. The number of benzene rings is 1. The summed E-state index contributed by atoms with van der Waals surface area (Å²) in [5.74, 6) is -0.171. The van der Waals surface area contributed by atoms with Crippen molar-refractivity contribution in [2.24, 2.45) is 0 Å². The van der Waals surface area contributed by atoms with Crippen LogP contribution in [-0.4, -0.2) is 15.5 Å². The third-order valence-corrected chi connectivity index (χ3v) is 3.67. The summed E-state index contributed by atoms with van der Waals surface area (Å²) in [4.78, 5) is 28.0. The average Bonchev–Trinajstić information content (AvgIpc) is 2.94. The van der Waals surface area contributed by atoms with E-state index in [0.717, 1.165) is 5.56 Å². The van der Waals surface area contributed by atoms with Gasteiger partial charge in [-0.15, -0.1) is 0 Å². The maximum Gasteiger partial charge on any atom is 0.279 e.